The van der Waals surface area contributed by atoms with Gasteiger partial charge in [0, 0.05) is 25.8 Å². The molecule has 1 fully saturated rings. The highest BCUT2D eigenvalue weighted by atomic mass is 35.5. The number of ether oxygens (including phenoxy) is 2. The Hall–Kier alpha value is -0.930. The number of hydrogen-bond acceptors (Lipinski definition) is 5. The Morgan fingerprint density at radius 2 is 2.00 bits per heavy atom. The minimum absolute atomic E-state index is 0. The molecular weight excluding hydrogens is 359 g/mol. The number of benzene rings is 1. The second kappa shape index (κ2) is 9.53. The first-order chi connectivity index (χ1) is 11.0. The van der Waals surface area contributed by atoms with Crippen LogP contribution in [0.3, 0.4) is 0 Å². The summed E-state index contributed by atoms with van der Waals surface area (Å²) in [6.07, 6.45) is 2.15. The van der Waals surface area contributed by atoms with Gasteiger partial charge in [-0.05, 0) is 37.9 Å². The summed E-state index contributed by atoms with van der Waals surface area (Å²) in [4.78, 5) is 0.0400. The smallest absolute Gasteiger partial charge is 0.243 e. The van der Waals surface area contributed by atoms with Crippen LogP contribution in [0.1, 0.15) is 19.3 Å². The van der Waals surface area contributed by atoms with E-state index in [-0.39, 0.29) is 29.2 Å². The van der Waals surface area contributed by atoms with Crippen LogP contribution in [0.15, 0.2) is 23.1 Å². The second-order valence-electron chi connectivity index (χ2n) is 5.41. The molecule has 6 nitrogen and oxygen atoms in total. The van der Waals surface area contributed by atoms with Crippen molar-refractivity contribution in [3.63, 3.8) is 0 Å². The van der Waals surface area contributed by atoms with Crippen molar-refractivity contribution < 1.29 is 22.3 Å². The monoisotopic (exact) mass is 382 g/mol. The van der Waals surface area contributed by atoms with Gasteiger partial charge in [0.2, 0.25) is 10.0 Å². The average molecular weight is 383 g/mol. The van der Waals surface area contributed by atoms with Crippen molar-refractivity contribution in [1.82, 2.24) is 4.31 Å². The summed E-state index contributed by atoms with van der Waals surface area (Å²) >= 11 is 0. The summed E-state index contributed by atoms with van der Waals surface area (Å²) in [7, 11) is -2.34. The zero-order valence-electron chi connectivity index (χ0n) is 13.6. The highest BCUT2D eigenvalue weighted by Crippen LogP contribution is 2.26. The van der Waals surface area contributed by atoms with Crippen molar-refractivity contribution in [2.45, 2.75) is 30.3 Å². The first kappa shape index (κ1) is 21.1. The number of nitrogens with two attached hydrogens (primary N) is 1. The highest BCUT2D eigenvalue weighted by molar-refractivity contribution is 7.89. The number of rotatable bonds is 7. The molecule has 138 valence electrons. The van der Waals surface area contributed by atoms with Crippen LogP contribution in [0.5, 0.6) is 5.75 Å². The highest BCUT2D eigenvalue weighted by Gasteiger charge is 2.30. The van der Waals surface area contributed by atoms with E-state index in [0.717, 1.165) is 12.5 Å². The molecule has 0 bridgehead atoms. The van der Waals surface area contributed by atoms with Crippen molar-refractivity contribution in [2.75, 3.05) is 33.4 Å². The van der Waals surface area contributed by atoms with Crippen molar-refractivity contribution >= 4 is 22.4 Å². The fourth-order valence-corrected chi connectivity index (χ4v) is 4.01. The van der Waals surface area contributed by atoms with Crippen molar-refractivity contribution in [3.05, 3.63) is 24.0 Å². The summed E-state index contributed by atoms with van der Waals surface area (Å²) in [5, 5.41) is 0. The molecular formula is C15H24ClFN2O4S. The maximum Gasteiger partial charge on any atom is 0.243 e. The molecule has 1 aliphatic heterocycles. The number of sulfonamides is 1. The van der Waals surface area contributed by atoms with Gasteiger partial charge in [0.25, 0.3) is 0 Å². The Morgan fingerprint density at radius 1 is 1.33 bits per heavy atom. The molecule has 0 atom stereocenters. The van der Waals surface area contributed by atoms with E-state index in [2.05, 4.69) is 0 Å². The number of hydrogen-bond donors (Lipinski definition) is 1. The molecule has 0 unspecified atom stereocenters. The fraction of sp³-hybridized carbons (Fsp3) is 0.600. The zero-order valence-corrected chi connectivity index (χ0v) is 15.2. The normalized spacial score (nSPS) is 16.6. The van der Waals surface area contributed by atoms with E-state index in [4.69, 9.17) is 15.2 Å². The lowest BCUT2D eigenvalue weighted by Gasteiger charge is -2.31. The Kier molecular flexibility index (Phi) is 8.38. The summed E-state index contributed by atoms with van der Waals surface area (Å²) in [5.41, 5.74) is 5.42. The van der Waals surface area contributed by atoms with Crippen molar-refractivity contribution in [1.29, 1.82) is 0 Å². The number of piperidine rings is 1. The molecule has 9 heteroatoms. The molecule has 0 aromatic heterocycles. The van der Waals surface area contributed by atoms with Gasteiger partial charge in [-0.2, -0.15) is 4.31 Å². The van der Waals surface area contributed by atoms with Gasteiger partial charge in [-0.25, -0.2) is 12.8 Å². The van der Waals surface area contributed by atoms with Crippen LogP contribution in [0.2, 0.25) is 0 Å². The summed E-state index contributed by atoms with van der Waals surface area (Å²) in [6, 6.07) is 3.58. The van der Waals surface area contributed by atoms with Crippen LogP contribution < -0.4 is 10.5 Å². The molecule has 0 saturated carbocycles. The van der Waals surface area contributed by atoms with Crippen molar-refractivity contribution in [3.8, 4) is 5.75 Å². The SMILES string of the molecule is COc1cc(S(=O)(=O)N2CCC(OCCCN)CC2)ccc1F.Cl. The molecule has 0 amide bonds. The van der Waals surface area contributed by atoms with Crippen LogP contribution >= 0.6 is 12.4 Å². The van der Waals surface area contributed by atoms with E-state index in [1.165, 1.54) is 23.5 Å². The van der Waals surface area contributed by atoms with E-state index in [0.29, 0.717) is 39.1 Å². The van der Waals surface area contributed by atoms with Crippen LogP contribution in [0, 0.1) is 5.82 Å². The van der Waals surface area contributed by atoms with Gasteiger partial charge in [0.15, 0.2) is 11.6 Å². The molecule has 1 aromatic rings. The van der Waals surface area contributed by atoms with Gasteiger partial charge in [-0.1, -0.05) is 0 Å². The van der Waals surface area contributed by atoms with Crippen molar-refractivity contribution in [2.24, 2.45) is 5.73 Å². The minimum atomic E-state index is -3.65. The third kappa shape index (κ3) is 5.03. The number of methoxy groups -OCH3 is 1. The summed E-state index contributed by atoms with van der Waals surface area (Å²) in [5.74, 6) is -0.662. The largest absolute Gasteiger partial charge is 0.494 e. The van der Waals surface area contributed by atoms with Gasteiger partial charge in [0.05, 0.1) is 18.1 Å². The molecule has 0 radical (unpaired) electrons. The van der Waals surface area contributed by atoms with Gasteiger partial charge < -0.3 is 15.2 Å². The van der Waals surface area contributed by atoms with Crippen LogP contribution in [-0.4, -0.2) is 52.2 Å². The zero-order chi connectivity index (χ0) is 16.9. The van der Waals surface area contributed by atoms with E-state index in [1.54, 1.807) is 0 Å². The lowest BCUT2D eigenvalue weighted by Crippen LogP contribution is -2.41. The van der Waals surface area contributed by atoms with Gasteiger partial charge >= 0.3 is 0 Å². The average Bonchev–Trinajstić information content (AvgIpc) is 2.56. The number of halogens is 2. The summed E-state index contributed by atoms with van der Waals surface area (Å²) < 4.78 is 50.6. The fourth-order valence-electron chi connectivity index (χ4n) is 2.52. The molecule has 1 aromatic carbocycles. The first-order valence-electron chi connectivity index (χ1n) is 7.64. The Morgan fingerprint density at radius 3 is 2.58 bits per heavy atom. The third-order valence-corrected chi connectivity index (χ3v) is 5.76. The van der Waals surface area contributed by atoms with E-state index in [1.807, 2.05) is 0 Å². The Labute approximate surface area is 148 Å². The van der Waals surface area contributed by atoms with Crippen LogP contribution in [0.25, 0.3) is 0 Å². The molecule has 1 heterocycles. The maximum absolute atomic E-state index is 13.4. The predicted molar refractivity (Wildman–Crippen MR) is 91.6 cm³/mol. The minimum Gasteiger partial charge on any atom is -0.494 e. The van der Waals surface area contributed by atoms with Gasteiger partial charge in [-0.3, -0.25) is 0 Å². The molecule has 2 rings (SSSR count). The van der Waals surface area contributed by atoms with E-state index < -0.39 is 15.8 Å². The third-order valence-electron chi connectivity index (χ3n) is 3.86. The van der Waals surface area contributed by atoms with Gasteiger partial charge in [-0.15, -0.1) is 12.4 Å². The van der Waals surface area contributed by atoms with Crippen LogP contribution in [-0.2, 0) is 14.8 Å². The quantitative estimate of drug-likeness (QED) is 0.727. The van der Waals surface area contributed by atoms with E-state index in [9.17, 15) is 12.8 Å². The lowest BCUT2D eigenvalue weighted by molar-refractivity contribution is 0.0209. The van der Waals surface area contributed by atoms with E-state index >= 15 is 0 Å². The van der Waals surface area contributed by atoms with Crippen LogP contribution in [0.4, 0.5) is 4.39 Å². The molecule has 24 heavy (non-hydrogen) atoms. The second-order valence-corrected chi connectivity index (χ2v) is 7.35. The van der Waals surface area contributed by atoms with Gasteiger partial charge in [0.1, 0.15) is 0 Å². The molecule has 2 N–H and O–H groups in total. The Bertz CT molecular complexity index is 622. The number of nitrogens with zero attached hydrogens (tertiary/aromatic N) is 1. The molecule has 1 saturated heterocycles. The Balaban J connectivity index is 0.00000288. The first-order valence-corrected chi connectivity index (χ1v) is 9.08. The predicted octanol–water partition coefficient (Wildman–Crippen LogP) is 1.77. The lowest BCUT2D eigenvalue weighted by atomic mass is 10.1. The standard InChI is InChI=1S/C15H23FN2O4S.ClH/c1-21-15-11-13(3-4-14(15)16)23(19,20)18-8-5-12(6-9-18)22-10-2-7-17;/h3-4,11-12H,2,5-10,17H2,1H3;1H. The molecule has 0 aliphatic carbocycles. The molecule has 1 aliphatic rings. The maximum atomic E-state index is 13.4. The summed E-state index contributed by atoms with van der Waals surface area (Å²) in [6.45, 7) is 1.95. The topological polar surface area (TPSA) is 81.9 Å². The molecule has 0 spiro atoms.